The first kappa shape index (κ1) is 17.5. The molecule has 1 fully saturated rings. The fourth-order valence-electron chi connectivity index (χ4n) is 3.26. The van der Waals surface area contributed by atoms with Crippen LogP contribution in [-0.2, 0) is 29.4 Å². The molecular formula is C18H25N5O2. The van der Waals surface area contributed by atoms with E-state index in [0.717, 1.165) is 36.3 Å². The summed E-state index contributed by atoms with van der Waals surface area (Å²) in [4.78, 5) is 22.8. The van der Waals surface area contributed by atoms with Gasteiger partial charge >= 0.3 is 0 Å². The lowest BCUT2D eigenvalue weighted by Gasteiger charge is -2.23. The van der Waals surface area contributed by atoms with Gasteiger partial charge in [0.05, 0.1) is 18.9 Å². The summed E-state index contributed by atoms with van der Waals surface area (Å²) in [6.45, 7) is 4.62. The molecule has 25 heavy (non-hydrogen) atoms. The van der Waals surface area contributed by atoms with Crippen LogP contribution >= 0.6 is 0 Å². The average molecular weight is 343 g/mol. The molecule has 1 atom stereocenters. The summed E-state index contributed by atoms with van der Waals surface area (Å²) in [6.07, 6.45) is 7.34. The predicted molar refractivity (Wildman–Crippen MR) is 92.9 cm³/mol. The van der Waals surface area contributed by atoms with Gasteiger partial charge in [-0.25, -0.2) is 9.97 Å². The topological polar surface area (TPSA) is 73.1 Å². The normalized spacial score (nSPS) is 18.2. The minimum absolute atomic E-state index is 0.182. The zero-order chi connectivity index (χ0) is 17.6. The standard InChI is InChI=1S/C18H25N5O2/c1-14-16(11-22(2)21-14)3-4-18(24)23-7-8-25-12-15(10-23)9-17-5-6-19-13-20-17/h5-6,11,13,15H,3-4,7-10,12H2,1-2H3/t15-/m0/s1. The molecule has 1 aliphatic rings. The summed E-state index contributed by atoms with van der Waals surface area (Å²) in [5.41, 5.74) is 3.12. The molecule has 3 heterocycles. The van der Waals surface area contributed by atoms with Crippen LogP contribution in [0.5, 0.6) is 0 Å². The van der Waals surface area contributed by atoms with Crippen LogP contribution in [0.4, 0.5) is 0 Å². The van der Waals surface area contributed by atoms with Gasteiger partial charge in [-0.2, -0.15) is 5.10 Å². The maximum absolute atomic E-state index is 12.7. The van der Waals surface area contributed by atoms with Crippen molar-refractivity contribution in [1.29, 1.82) is 0 Å². The maximum Gasteiger partial charge on any atom is 0.222 e. The minimum Gasteiger partial charge on any atom is -0.379 e. The number of hydrogen-bond acceptors (Lipinski definition) is 5. The number of hydrogen-bond donors (Lipinski definition) is 0. The number of amides is 1. The summed E-state index contributed by atoms with van der Waals surface area (Å²) in [6, 6.07) is 1.92. The highest BCUT2D eigenvalue weighted by molar-refractivity contribution is 5.76. The van der Waals surface area contributed by atoms with Gasteiger partial charge in [0.15, 0.2) is 0 Å². The van der Waals surface area contributed by atoms with Gasteiger partial charge in [0.2, 0.25) is 5.91 Å². The maximum atomic E-state index is 12.7. The van der Waals surface area contributed by atoms with E-state index in [1.165, 1.54) is 0 Å². The van der Waals surface area contributed by atoms with E-state index in [4.69, 9.17) is 4.74 Å². The van der Waals surface area contributed by atoms with Crippen molar-refractivity contribution < 1.29 is 9.53 Å². The first-order valence-corrected chi connectivity index (χ1v) is 8.71. The fourth-order valence-corrected chi connectivity index (χ4v) is 3.26. The molecule has 3 rings (SSSR count). The smallest absolute Gasteiger partial charge is 0.222 e. The molecule has 0 bridgehead atoms. The van der Waals surface area contributed by atoms with Crippen LogP contribution in [0.25, 0.3) is 0 Å². The van der Waals surface area contributed by atoms with E-state index in [2.05, 4.69) is 15.1 Å². The van der Waals surface area contributed by atoms with Crippen molar-refractivity contribution in [3.63, 3.8) is 0 Å². The molecule has 134 valence electrons. The molecule has 2 aromatic heterocycles. The molecule has 1 aliphatic heterocycles. The molecule has 1 saturated heterocycles. The molecule has 0 saturated carbocycles. The number of nitrogens with zero attached hydrogens (tertiary/aromatic N) is 5. The largest absolute Gasteiger partial charge is 0.379 e. The number of carbonyl (C=O) groups is 1. The van der Waals surface area contributed by atoms with Crippen molar-refractivity contribution in [2.24, 2.45) is 13.0 Å². The molecule has 0 spiro atoms. The van der Waals surface area contributed by atoms with Crippen LogP contribution in [0, 0.1) is 12.8 Å². The summed E-state index contributed by atoms with van der Waals surface area (Å²) in [5, 5.41) is 4.34. The number of ether oxygens (including phenoxy) is 1. The Balaban J connectivity index is 1.56. The Bertz CT molecular complexity index is 701. The third kappa shape index (κ3) is 4.85. The minimum atomic E-state index is 0.182. The van der Waals surface area contributed by atoms with Crippen LogP contribution in [0.15, 0.2) is 24.8 Å². The van der Waals surface area contributed by atoms with Gasteiger partial charge in [-0.3, -0.25) is 9.48 Å². The average Bonchev–Trinajstić information content (AvgIpc) is 2.79. The van der Waals surface area contributed by atoms with Gasteiger partial charge in [0.25, 0.3) is 0 Å². The fraction of sp³-hybridized carbons (Fsp3) is 0.556. The number of aryl methyl sites for hydroxylation is 3. The Labute approximate surface area is 148 Å². The highest BCUT2D eigenvalue weighted by Crippen LogP contribution is 2.15. The van der Waals surface area contributed by atoms with E-state index >= 15 is 0 Å². The molecule has 0 unspecified atom stereocenters. The Morgan fingerprint density at radius 2 is 2.32 bits per heavy atom. The molecule has 0 N–H and O–H groups in total. The van der Waals surface area contributed by atoms with Crippen LogP contribution < -0.4 is 0 Å². The summed E-state index contributed by atoms with van der Waals surface area (Å²) in [5.74, 6) is 0.447. The van der Waals surface area contributed by atoms with Gasteiger partial charge < -0.3 is 9.64 Å². The van der Waals surface area contributed by atoms with Crippen molar-refractivity contribution in [3.05, 3.63) is 41.7 Å². The Morgan fingerprint density at radius 1 is 1.44 bits per heavy atom. The van der Waals surface area contributed by atoms with E-state index in [1.54, 1.807) is 17.2 Å². The Morgan fingerprint density at radius 3 is 3.04 bits per heavy atom. The van der Waals surface area contributed by atoms with E-state index in [-0.39, 0.29) is 11.8 Å². The van der Waals surface area contributed by atoms with Crippen LogP contribution in [0.3, 0.4) is 0 Å². The first-order valence-electron chi connectivity index (χ1n) is 8.71. The van der Waals surface area contributed by atoms with E-state index in [0.29, 0.717) is 26.2 Å². The molecule has 0 aromatic carbocycles. The molecule has 0 radical (unpaired) electrons. The second-order valence-corrected chi connectivity index (χ2v) is 6.60. The van der Waals surface area contributed by atoms with Crippen LogP contribution in [0.1, 0.15) is 23.4 Å². The van der Waals surface area contributed by atoms with Crippen molar-refractivity contribution in [1.82, 2.24) is 24.6 Å². The zero-order valence-electron chi connectivity index (χ0n) is 14.9. The van der Waals surface area contributed by atoms with Crippen LogP contribution in [-0.4, -0.2) is 56.9 Å². The molecule has 0 aliphatic carbocycles. The van der Waals surface area contributed by atoms with Crippen molar-refractivity contribution in [3.8, 4) is 0 Å². The highest BCUT2D eigenvalue weighted by Gasteiger charge is 2.23. The van der Waals surface area contributed by atoms with Crippen molar-refractivity contribution in [2.45, 2.75) is 26.2 Å². The molecule has 1 amide bonds. The summed E-state index contributed by atoms with van der Waals surface area (Å²) >= 11 is 0. The molecular weight excluding hydrogens is 318 g/mol. The van der Waals surface area contributed by atoms with E-state index in [1.807, 2.05) is 31.1 Å². The van der Waals surface area contributed by atoms with Gasteiger partial charge in [0, 0.05) is 50.6 Å². The molecule has 7 heteroatoms. The quantitative estimate of drug-likeness (QED) is 0.815. The second-order valence-electron chi connectivity index (χ2n) is 6.60. The number of aromatic nitrogens is 4. The van der Waals surface area contributed by atoms with E-state index in [9.17, 15) is 4.79 Å². The lowest BCUT2D eigenvalue weighted by molar-refractivity contribution is -0.131. The second kappa shape index (κ2) is 8.20. The predicted octanol–water partition coefficient (Wildman–Crippen LogP) is 1.17. The van der Waals surface area contributed by atoms with Gasteiger partial charge in [-0.15, -0.1) is 0 Å². The molecule has 2 aromatic rings. The van der Waals surface area contributed by atoms with Gasteiger partial charge in [-0.05, 0) is 31.4 Å². The SMILES string of the molecule is Cc1nn(C)cc1CCC(=O)N1CCOC[C@@H](Cc2ccncn2)C1. The zero-order valence-corrected chi connectivity index (χ0v) is 14.9. The van der Waals surface area contributed by atoms with E-state index < -0.39 is 0 Å². The summed E-state index contributed by atoms with van der Waals surface area (Å²) in [7, 11) is 1.90. The van der Waals surface area contributed by atoms with Crippen LogP contribution in [0.2, 0.25) is 0 Å². The third-order valence-corrected chi connectivity index (χ3v) is 4.55. The highest BCUT2D eigenvalue weighted by atomic mass is 16.5. The van der Waals surface area contributed by atoms with Gasteiger partial charge in [-0.1, -0.05) is 0 Å². The molecule has 7 nitrogen and oxygen atoms in total. The van der Waals surface area contributed by atoms with Crippen molar-refractivity contribution in [2.75, 3.05) is 26.3 Å². The monoisotopic (exact) mass is 343 g/mol. The Hall–Kier alpha value is -2.28. The Kier molecular flexibility index (Phi) is 5.75. The lowest BCUT2D eigenvalue weighted by Crippen LogP contribution is -2.36. The first-order chi connectivity index (χ1) is 12.1. The summed E-state index contributed by atoms with van der Waals surface area (Å²) < 4.78 is 7.49. The number of carbonyl (C=O) groups excluding carboxylic acids is 1. The lowest BCUT2D eigenvalue weighted by atomic mass is 10.0. The van der Waals surface area contributed by atoms with Crippen molar-refractivity contribution >= 4 is 5.91 Å². The number of rotatable bonds is 5. The van der Waals surface area contributed by atoms with Gasteiger partial charge in [0.1, 0.15) is 6.33 Å². The third-order valence-electron chi connectivity index (χ3n) is 4.55.